The van der Waals surface area contributed by atoms with E-state index in [1.165, 1.54) is 11.1 Å². The highest BCUT2D eigenvalue weighted by Crippen LogP contribution is 2.28. The third-order valence-corrected chi connectivity index (χ3v) is 2.31. The molecule has 0 fully saturated rings. The molecular weight excluding hydrogens is 170 g/mol. The van der Waals surface area contributed by atoms with Crippen molar-refractivity contribution in [2.75, 3.05) is 0 Å². The first-order valence-electron chi connectivity index (χ1n) is 3.67. The highest BCUT2D eigenvalue weighted by atomic mass is 35.5. The van der Waals surface area contributed by atoms with Gasteiger partial charge in [0.2, 0.25) is 0 Å². The highest BCUT2D eigenvalue weighted by Gasteiger charge is 2.10. The summed E-state index contributed by atoms with van der Waals surface area (Å²) < 4.78 is 0. The molecule has 0 aliphatic heterocycles. The number of fused-ring (bicyclic) bond motifs is 1. The number of alkyl halides is 1. The first kappa shape index (κ1) is 7.39. The summed E-state index contributed by atoms with van der Waals surface area (Å²) in [6.45, 7) is 0. The van der Waals surface area contributed by atoms with Gasteiger partial charge in [-0.1, -0.05) is 24.3 Å². The second-order valence-corrected chi connectivity index (χ2v) is 3.15. The largest absolute Gasteiger partial charge is 0.196 e. The molecule has 0 amide bonds. The number of halogens is 1. The predicted molar refractivity (Wildman–Crippen MR) is 49.6 cm³/mol. The molecule has 12 heavy (non-hydrogen) atoms. The number of nitrogens with zero attached hydrogens (tertiary/aromatic N) is 1. The molecule has 2 heteroatoms. The summed E-state index contributed by atoms with van der Waals surface area (Å²) in [6.07, 6.45) is 4.05. The summed E-state index contributed by atoms with van der Waals surface area (Å²) in [4.78, 5) is 0. The Morgan fingerprint density at radius 1 is 1.25 bits per heavy atom. The summed E-state index contributed by atoms with van der Waals surface area (Å²) in [5.41, 5.74) is 3.27. The summed E-state index contributed by atoms with van der Waals surface area (Å²) in [5.74, 6) is 0. The molecule has 0 saturated heterocycles. The maximum Gasteiger partial charge on any atom is 0.145 e. The molecule has 1 aromatic carbocycles. The summed E-state index contributed by atoms with van der Waals surface area (Å²) in [5, 5.41) is 8.04. The molecule has 2 rings (SSSR count). The van der Waals surface area contributed by atoms with Crippen LogP contribution in [-0.4, -0.2) is 0 Å². The Balaban J connectivity index is 2.39. The van der Waals surface area contributed by atoms with E-state index in [-0.39, 0.29) is 0 Å². The Kier molecular flexibility index (Phi) is 1.64. The quantitative estimate of drug-likeness (QED) is 0.612. The highest BCUT2D eigenvalue weighted by molar-refractivity contribution is 6.22. The van der Waals surface area contributed by atoms with Crippen molar-refractivity contribution < 1.29 is 0 Å². The summed E-state index contributed by atoms with van der Waals surface area (Å²) in [6, 6.07) is 7.82. The van der Waals surface area contributed by atoms with Crippen LogP contribution in [0, 0.1) is 11.3 Å². The van der Waals surface area contributed by atoms with E-state index in [0.717, 1.165) is 5.56 Å². The van der Waals surface area contributed by atoms with Gasteiger partial charge in [-0.3, -0.25) is 0 Å². The Labute approximate surface area is 75.9 Å². The lowest BCUT2D eigenvalue weighted by molar-refractivity contribution is 1.21. The second kappa shape index (κ2) is 2.66. The van der Waals surface area contributed by atoms with Crippen LogP contribution in [0.3, 0.4) is 0 Å². The summed E-state index contributed by atoms with van der Waals surface area (Å²) in [7, 11) is 0. The van der Waals surface area contributed by atoms with Crippen molar-refractivity contribution in [3.8, 4) is 6.07 Å². The third-order valence-electron chi connectivity index (χ3n) is 1.96. The van der Waals surface area contributed by atoms with Crippen molar-refractivity contribution in [3.05, 3.63) is 34.9 Å². The topological polar surface area (TPSA) is 23.8 Å². The van der Waals surface area contributed by atoms with E-state index >= 15 is 0 Å². The summed E-state index contributed by atoms with van der Waals surface area (Å²) >= 11 is 5.75. The van der Waals surface area contributed by atoms with Crippen LogP contribution in [0.15, 0.2) is 18.2 Å². The minimum atomic E-state index is -0.524. The van der Waals surface area contributed by atoms with Crippen LogP contribution in [0.4, 0.5) is 0 Å². The molecule has 0 radical (unpaired) electrons. The fourth-order valence-corrected chi connectivity index (χ4v) is 1.34. The molecule has 0 aromatic heterocycles. The average molecular weight is 176 g/mol. The Hall–Kier alpha value is -1.26. The number of nitriles is 1. The standard InChI is InChI=1S/C10H6ClN/c11-10(6-12)9-4-2-7-1-3-8(7)5-9/h1-5,10H. The fourth-order valence-electron chi connectivity index (χ4n) is 1.20. The molecule has 0 bridgehead atoms. The van der Waals surface area contributed by atoms with E-state index in [0.29, 0.717) is 0 Å². The van der Waals surface area contributed by atoms with Crippen LogP contribution >= 0.6 is 11.6 Å². The molecule has 1 unspecified atom stereocenters. The number of benzene rings is 1. The minimum Gasteiger partial charge on any atom is -0.196 e. The zero-order valence-corrected chi connectivity index (χ0v) is 7.05. The van der Waals surface area contributed by atoms with Gasteiger partial charge >= 0.3 is 0 Å². The first-order chi connectivity index (χ1) is 5.81. The molecule has 58 valence electrons. The van der Waals surface area contributed by atoms with Crippen molar-refractivity contribution in [1.82, 2.24) is 0 Å². The monoisotopic (exact) mass is 175 g/mol. The number of hydrogen-bond donors (Lipinski definition) is 0. The Bertz CT molecular complexity index is 387. The number of rotatable bonds is 1. The molecular formula is C10H6ClN. The smallest absolute Gasteiger partial charge is 0.145 e. The van der Waals surface area contributed by atoms with Crippen LogP contribution in [0.1, 0.15) is 22.1 Å². The van der Waals surface area contributed by atoms with E-state index in [2.05, 4.69) is 0 Å². The van der Waals surface area contributed by atoms with Gasteiger partial charge in [0.05, 0.1) is 6.07 Å². The van der Waals surface area contributed by atoms with Crippen LogP contribution in [0.25, 0.3) is 12.2 Å². The first-order valence-corrected chi connectivity index (χ1v) is 4.10. The maximum atomic E-state index is 8.57. The van der Waals surface area contributed by atoms with Crippen LogP contribution in [-0.2, 0) is 0 Å². The minimum absolute atomic E-state index is 0.524. The predicted octanol–water partition coefficient (Wildman–Crippen LogP) is 2.97. The normalized spacial score (nSPS) is 14.3. The molecule has 0 N–H and O–H groups in total. The lowest BCUT2D eigenvalue weighted by atomic mass is 9.95. The molecule has 0 saturated carbocycles. The maximum absolute atomic E-state index is 8.57. The number of hydrogen-bond acceptors (Lipinski definition) is 1. The molecule has 1 aliphatic rings. The van der Waals surface area contributed by atoms with Crippen molar-refractivity contribution in [2.45, 2.75) is 5.38 Å². The van der Waals surface area contributed by atoms with Gasteiger partial charge in [0, 0.05) is 0 Å². The van der Waals surface area contributed by atoms with Gasteiger partial charge in [-0.05, 0) is 22.8 Å². The van der Waals surface area contributed by atoms with Crippen molar-refractivity contribution in [2.24, 2.45) is 0 Å². The van der Waals surface area contributed by atoms with Gasteiger partial charge in [-0.2, -0.15) is 5.26 Å². The van der Waals surface area contributed by atoms with Gasteiger partial charge in [0.15, 0.2) is 0 Å². The zero-order chi connectivity index (χ0) is 8.55. The van der Waals surface area contributed by atoms with Crippen molar-refractivity contribution in [1.29, 1.82) is 5.26 Å². The van der Waals surface area contributed by atoms with Gasteiger partial charge in [0.25, 0.3) is 0 Å². The van der Waals surface area contributed by atoms with E-state index in [4.69, 9.17) is 16.9 Å². The van der Waals surface area contributed by atoms with Gasteiger partial charge < -0.3 is 0 Å². The van der Waals surface area contributed by atoms with Crippen LogP contribution in [0.2, 0.25) is 0 Å². The molecule has 1 nitrogen and oxygen atoms in total. The molecule has 1 aromatic rings. The van der Waals surface area contributed by atoms with Gasteiger partial charge in [-0.15, -0.1) is 11.6 Å². The van der Waals surface area contributed by atoms with Gasteiger partial charge in [0.1, 0.15) is 5.38 Å². The molecule has 1 atom stereocenters. The third kappa shape index (κ3) is 1.01. The lowest BCUT2D eigenvalue weighted by Gasteiger charge is -2.11. The van der Waals surface area contributed by atoms with Crippen LogP contribution < -0.4 is 0 Å². The fraction of sp³-hybridized carbons (Fsp3) is 0.100. The van der Waals surface area contributed by atoms with Crippen molar-refractivity contribution in [3.63, 3.8) is 0 Å². The van der Waals surface area contributed by atoms with E-state index in [1.807, 2.05) is 36.4 Å². The average Bonchev–Trinajstić information content (AvgIpc) is 2.06. The zero-order valence-electron chi connectivity index (χ0n) is 6.29. The molecule has 0 heterocycles. The van der Waals surface area contributed by atoms with Crippen LogP contribution in [0.5, 0.6) is 0 Å². The molecule has 1 aliphatic carbocycles. The molecule has 0 spiro atoms. The van der Waals surface area contributed by atoms with E-state index in [1.54, 1.807) is 0 Å². The van der Waals surface area contributed by atoms with Crippen molar-refractivity contribution >= 4 is 23.8 Å². The lowest BCUT2D eigenvalue weighted by Crippen LogP contribution is -1.93. The SMILES string of the molecule is N#CC(Cl)c1ccc2c(c1)C=C2. The Morgan fingerprint density at radius 2 is 2.00 bits per heavy atom. The van der Waals surface area contributed by atoms with E-state index in [9.17, 15) is 0 Å². The second-order valence-electron chi connectivity index (χ2n) is 2.71. The van der Waals surface area contributed by atoms with E-state index < -0.39 is 5.38 Å². The van der Waals surface area contributed by atoms with Gasteiger partial charge in [-0.25, -0.2) is 0 Å². The Morgan fingerprint density at radius 3 is 2.50 bits per heavy atom.